The molecule has 0 bridgehead atoms. The van der Waals surface area contributed by atoms with Gasteiger partial charge in [-0.15, -0.1) is 0 Å². The smallest absolute Gasteiger partial charge is 0.338 e. The zero-order valence-electron chi connectivity index (χ0n) is 16.2. The molecule has 2 rings (SSSR count). The minimum absolute atomic E-state index is 0.00286. The molecule has 0 amide bonds. The maximum Gasteiger partial charge on any atom is 0.338 e. The Morgan fingerprint density at radius 3 is 2.17 bits per heavy atom. The molecule has 2 aromatic rings. The van der Waals surface area contributed by atoms with Crippen molar-refractivity contribution in [1.29, 1.82) is 5.26 Å². The molecule has 1 N–H and O–H groups in total. The van der Waals surface area contributed by atoms with E-state index in [0.29, 0.717) is 11.5 Å². The lowest BCUT2D eigenvalue weighted by molar-refractivity contribution is 0.0474. The molecule has 0 saturated carbocycles. The number of nitrogens with zero attached hydrogens (tertiary/aromatic N) is 1. The molecule has 0 saturated heterocycles. The Morgan fingerprint density at radius 1 is 1.03 bits per heavy atom. The number of hydrogen-bond donors (Lipinski definition) is 1. The van der Waals surface area contributed by atoms with Crippen LogP contribution in [0.1, 0.15) is 52.5 Å². The lowest BCUT2D eigenvalue weighted by atomic mass is 10.0. The highest BCUT2D eigenvalue weighted by Gasteiger charge is 2.16. The van der Waals surface area contributed by atoms with Crippen molar-refractivity contribution in [1.82, 2.24) is 4.72 Å². The third kappa shape index (κ3) is 6.24. The zero-order valence-corrected chi connectivity index (χ0v) is 17.0. The summed E-state index contributed by atoms with van der Waals surface area (Å²) in [6, 6.07) is 14.1. The summed E-state index contributed by atoms with van der Waals surface area (Å²) in [5.41, 5.74) is 1.69. The van der Waals surface area contributed by atoms with E-state index >= 15 is 0 Å². The normalized spacial score (nSPS) is 11.1. The van der Waals surface area contributed by atoms with Gasteiger partial charge in [-0.25, -0.2) is 17.9 Å². The summed E-state index contributed by atoms with van der Waals surface area (Å²) in [6.45, 7) is 3.70. The molecule has 0 aliphatic rings. The van der Waals surface area contributed by atoms with E-state index in [1.165, 1.54) is 24.3 Å². The summed E-state index contributed by atoms with van der Waals surface area (Å²) in [4.78, 5) is 24.3. The third-order valence-electron chi connectivity index (χ3n) is 4.16. The third-order valence-corrected chi connectivity index (χ3v) is 5.64. The van der Waals surface area contributed by atoms with Gasteiger partial charge in [0.1, 0.15) is 0 Å². The first kappa shape index (κ1) is 22.3. The van der Waals surface area contributed by atoms with E-state index in [0.717, 1.165) is 5.56 Å². The Kier molecular flexibility index (Phi) is 7.65. The van der Waals surface area contributed by atoms with Crippen molar-refractivity contribution in [2.45, 2.75) is 31.1 Å². The fourth-order valence-electron chi connectivity index (χ4n) is 2.45. The number of ether oxygens (including phenoxy) is 1. The minimum Gasteiger partial charge on any atom is -0.454 e. The van der Waals surface area contributed by atoms with Crippen molar-refractivity contribution in [3.8, 4) is 6.07 Å². The Balaban J connectivity index is 1.95. The van der Waals surface area contributed by atoms with E-state index < -0.39 is 22.6 Å². The number of Topliss-reactive ketones (excluding diaryl/α,β-unsaturated/α-hetero) is 1. The van der Waals surface area contributed by atoms with Crippen LogP contribution in [0.25, 0.3) is 0 Å². The average molecular weight is 414 g/mol. The quantitative estimate of drug-likeness (QED) is 0.383. The SMILES string of the molecule is CC(C)c1ccc(C(=O)COC(=O)c2ccc(S(=O)(=O)NCCC#N)cc2)cc1. The lowest BCUT2D eigenvalue weighted by Gasteiger charge is -2.08. The fourth-order valence-corrected chi connectivity index (χ4v) is 3.48. The molecule has 0 heterocycles. The Labute approximate surface area is 170 Å². The van der Waals surface area contributed by atoms with E-state index in [1.807, 2.05) is 18.2 Å². The van der Waals surface area contributed by atoms with Gasteiger partial charge in [0.05, 0.1) is 16.5 Å². The summed E-state index contributed by atoms with van der Waals surface area (Å²) < 4.78 is 31.4. The maximum absolute atomic E-state index is 12.2. The number of carbonyl (C=O) groups is 2. The molecule has 0 aromatic heterocycles. The van der Waals surface area contributed by atoms with Crippen molar-refractivity contribution in [2.75, 3.05) is 13.2 Å². The summed E-state index contributed by atoms with van der Waals surface area (Å²) in [5, 5.41) is 8.47. The predicted octanol–water partition coefficient (Wildman–Crippen LogP) is 3.04. The molecule has 7 nitrogen and oxygen atoms in total. The first-order chi connectivity index (χ1) is 13.7. The Hall–Kier alpha value is -3.02. The largest absolute Gasteiger partial charge is 0.454 e. The van der Waals surface area contributed by atoms with Crippen molar-refractivity contribution < 1.29 is 22.7 Å². The first-order valence-corrected chi connectivity index (χ1v) is 10.5. The molecule has 0 fully saturated rings. The number of ketones is 1. The number of benzene rings is 2. The maximum atomic E-state index is 12.2. The number of esters is 1. The molecule has 0 spiro atoms. The number of sulfonamides is 1. The van der Waals surface area contributed by atoms with Gasteiger partial charge in [-0.3, -0.25) is 4.79 Å². The predicted molar refractivity (Wildman–Crippen MR) is 107 cm³/mol. The van der Waals surface area contributed by atoms with Gasteiger partial charge in [0.2, 0.25) is 10.0 Å². The van der Waals surface area contributed by atoms with Gasteiger partial charge < -0.3 is 4.74 Å². The standard InChI is InChI=1S/C21H22N2O5S/c1-15(2)16-4-6-17(7-5-16)20(24)14-28-21(25)18-8-10-19(11-9-18)29(26,27)23-13-3-12-22/h4-11,15,23H,3,13-14H2,1-2H3. The second kappa shape index (κ2) is 9.96. The van der Waals surface area contributed by atoms with E-state index in [-0.39, 0.29) is 29.2 Å². The summed E-state index contributed by atoms with van der Waals surface area (Å²) in [7, 11) is -3.75. The molecule has 2 aromatic carbocycles. The second-order valence-electron chi connectivity index (χ2n) is 6.61. The van der Waals surface area contributed by atoms with Crippen LogP contribution < -0.4 is 4.72 Å². The van der Waals surface area contributed by atoms with Crippen LogP contribution in [0.3, 0.4) is 0 Å². The Bertz CT molecular complexity index is 1000. The molecule has 0 unspecified atom stereocenters. The van der Waals surface area contributed by atoms with Gasteiger partial charge in [0.25, 0.3) is 0 Å². The lowest BCUT2D eigenvalue weighted by Crippen LogP contribution is -2.24. The van der Waals surface area contributed by atoms with Gasteiger partial charge in [-0.05, 0) is 35.7 Å². The first-order valence-electron chi connectivity index (χ1n) is 9.01. The molecule has 0 radical (unpaired) electrons. The van der Waals surface area contributed by atoms with Crippen LogP contribution >= 0.6 is 0 Å². The van der Waals surface area contributed by atoms with Crippen molar-refractivity contribution in [2.24, 2.45) is 0 Å². The van der Waals surface area contributed by atoms with Gasteiger partial charge in [0.15, 0.2) is 12.4 Å². The van der Waals surface area contributed by atoms with Gasteiger partial charge in [-0.2, -0.15) is 5.26 Å². The van der Waals surface area contributed by atoms with Crippen LogP contribution in [0, 0.1) is 11.3 Å². The molecule has 152 valence electrons. The molecular weight excluding hydrogens is 392 g/mol. The van der Waals surface area contributed by atoms with Crippen molar-refractivity contribution in [3.05, 3.63) is 65.2 Å². The van der Waals surface area contributed by atoms with Crippen LogP contribution in [-0.2, 0) is 14.8 Å². The van der Waals surface area contributed by atoms with E-state index in [1.54, 1.807) is 12.1 Å². The number of rotatable bonds is 9. The van der Waals surface area contributed by atoms with Gasteiger partial charge >= 0.3 is 5.97 Å². The highest BCUT2D eigenvalue weighted by molar-refractivity contribution is 7.89. The van der Waals surface area contributed by atoms with Crippen molar-refractivity contribution in [3.63, 3.8) is 0 Å². The van der Waals surface area contributed by atoms with Crippen LogP contribution in [0.15, 0.2) is 53.4 Å². The monoisotopic (exact) mass is 414 g/mol. The van der Waals surface area contributed by atoms with Gasteiger partial charge in [-0.1, -0.05) is 38.1 Å². The Morgan fingerprint density at radius 2 is 1.62 bits per heavy atom. The molecule has 0 atom stereocenters. The van der Waals surface area contributed by atoms with E-state index in [2.05, 4.69) is 18.6 Å². The highest BCUT2D eigenvalue weighted by atomic mass is 32.2. The fraction of sp³-hybridized carbons (Fsp3) is 0.286. The molecular formula is C21H22N2O5S. The zero-order chi connectivity index (χ0) is 21.4. The molecule has 29 heavy (non-hydrogen) atoms. The van der Waals surface area contributed by atoms with Gasteiger partial charge in [0, 0.05) is 18.5 Å². The minimum atomic E-state index is -3.75. The molecule has 0 aliphatic heterocycles. The van der Waals surface area contributed by atoms with Crippen LogP contribution in [0.5, 0.6) is 0 Å². The van der Waals surface area contributed by atoms with Crippen LogP contribution in [0.4, 0.5) is 0 Å². The molecule has 0 aliphatic carbocycles. The summed E-state index contributed by atoms with van der Waals surface area (Å²) >= 11 is 0. The number of carbonyl (C=O) groups excluding carboxylic acids is 2. The number of nitrogens with one attached hydrogen (secondary N) is 1. The number of hydrogen-bond acceptors (Lipinski definition) is 6. The van der Waals surface area contributed by atoms with Crippen LogP contribution in [0.2, 0.25) is 0 Å². The average Bonchev–Trinajstić information content (AvgIpc) is 2.72. The number of nitriles is 1. The van der Waals surface area contributed by atoms with E-state index in [9.17, 15) is 18.0 Å². The van der Waals surface area contributed by atoms with Crippen LogP contribution in [-0.4, -0.2) is 33.3 Å². The van der Waals surface area contributed by atoms with E-state index in [4.69, 9.17) is 10.00 Å². The topological polar surface area (TPSA) is 113 Å². The summed E-state index contributed by atoms with van der Waals surface area (Å²) in [6.07, 6.45) is 0.0534. The van der Waals surface area contributed by atoms with Crippen molar-refractivity contribution >= 4 is 21.8 Å². The second-order valence-corrected chi connectivity index (χ2v) is 8.37. The molecule has 8 heteroatoms. The highest BCUT2D eigenvalue weighted by Crippen LogP contribution is 2.15. The summed E-state index contributed by atoms with van der Waals surface area (Å²) in [5.74, 6) is -0.696.